The van der Waals surface area contributed by atoms with Crippen LogP contribution in [0.4, 0.5) is 5.69 Å². The smallest absolute Gasteiger partial charge is 0.251 e. The maximum atomic E-state index is 12.6. The Bertz CT molecular complexity index is 659. The van der Waals surface area contributed by atoms with Gasteiger partial charge in [0.05, 0.1) is 12.7 Å². The average molecular weight is 300 g/mol. The van der Waals surface area contributed by atoms with Gasteiger partial charge < -0.3 is 15.1 Å². The molecule has 0 saturated carbocycles. The minimum atomic E-state index is -0.751. The van der Waals surface area contributed by atoms with E-state index in [1.807, 2.05) is 33.0 Å². The molecular weight excluding hydrogens is 280 g/mol. The van der Waals surface area contributed by atoms with Gasteiger partial charge in [0, 0.05) is 24.5 Å². The van der Waals surface area contributed by atoms with Crippen molar-refractivity contribution in [1.82, 2.24) is 10.4 Å². The zero-order chi connectivity index (χ0) is 16.3. The maximum Gasteiger partial charge on any atom is 0.251 e. The zero-order valence-electron chi connectivity index (χ0n) is 13.2. The molecule has 0 aliphatic carbocycles. The maximum absolute atomic E-state index is 12.6. The predicted octanol–water partition coefficient (Wildman–Crippen LogP) is 2.01. The molecule has 0 unspecified atom stereocenters. The first-order valence-electron chi connectivity index (χ1n) is 6.98. The molecule has 0 radical (unpaired) electrons. The Hall–Kier alpha value is -2.52. The van der Waals surface area contributed by atoms with Crippen molar-refractivity contribution in [2.45, 2.75) is 26.3 Å². The van der Waals surface area contributed by atoms with Gasteiger partial charge in [-0.05, 0) is 38.5 Å². The van der Waals surface area contributed by atoms with Gasteiger partial charge in [-0.2, -0.15) is 5.26 Å². The summed E-state index contributed by atoms with van der Waals surface area (Å²) in [5.41, 5.74) is 4.60. The second kappa shape index (κ2) is 6.08. The fourth-order valence-corrected chi connectivity index (χ4v) is 2.14. The molecule has 6 nitrogen and oxygen atoms in total. The molecule has 0 saturated heterocycles. The summed E-state index contributed by atoms with van der Waals surface area (Å²) in [4.78, 5) is 12.6. The van der Waals surface area contributed by atoms with Crippen LogP contribution in [-0.4, -0.2) is 30.1 Å². The fourth-order valence-electron chi connectivity index (χ4n) is 2.14. The van der Waals surface area contributed by atoms with Crippen LogP contribution in [0.25, 0.3) is 0 Å². The van der Waals surface area contributed by atoms with Crippen LogP contribution in [0.2, 0.25) is 0 Å². The highest BCUT2D eigenvalue weighted by Crippen LogP contribution is 2.24. The number of benzene rings is 1. The van der Waals surface area contributed by atoms with E-state index in [0.717, 1.165) is 6.54 Å². The molecule has 22 heavy (non-hydrogen) atoms. The summed E-state index contributed by atoms with van der Waals surface area (Å²) in [5, 5.41) is 13.6. The third-order valence-corrected chi connectivity index (χ3v) is 3.62. The normalized spacial score (nSPS) is 14.3. The lowest BCUT2D eigenvalue weighted by Crippen LogP contribution is -2.54. The van der Waals surface area contributed by atoms with E-state index >= 15 is 0 Å². The molecule has 2 N–H and O–H groups in total. The lowest BCUT2D eigenvalue weighted by atomic mass is 10.0. The molecule has 0 fully saturated rings. The van der Waals surface area contributed by atoms with Gasteiger partial charge in [-0.15, -0.1) is 0 Å². The van der Waals surface area contributed by atoms with E-state index in [4.69, 9.17) is 10.00 Å². The van der Waals surface area contributed by atoms with Crippen molar-refractivity contribution in [3.8, 4) is 11.8 Å². The molecule has 0 aromatic heterocycles. The van der Waals surface area contributed by atoms with E-state index in [9.17, 15) is 4.79 Å². The lowest BCUT2D eigenvalue weighted by Gasteiger charge is -2.34. The summed E-state index contributed by atoms with van der Waals surface area (Å²) >= 11 is 0. The summed E-state index contributed by atoms with van der Waals surface area (Å²) < 4.78 is 5.15. The van der Waals surface area contributed by atoms with Crippen molar-refractivity contribution in [3.63, 3.8) is 0 Å². The summed E-state index contributed by atoms with van der Waals surface area (Å²) in [6.45, 7) is 6.42. The third-order valence-electron chi connectivity index (χ3n) is 3.62. The Morgan fingerprint density at radius 2 is 2.23 bits per heavy atom. The molecule has 6 heteroatoms. The van der Waals surface area contributed by atoms with Crippen LogP contribution in [0.5, 0.6) is 5.75 Å². The van der Waals surface area contributed by atoms with Gasteiger partial charge in [0.15, 0.2) is 0 Å². The van der Waals surface area contributed by atoms with Crippen molar-refractivity contribution in [2.24, 2.45) is 0 Å². The summed E-state index contributed by atoms with van der Waals surface area (Å²) in [6.07, 6.45) is 1.93. The van der Waals surface area contributed by atoms with E-state index in [1.165, 1.54) is 12.7 Å². The summed E-state index contributed by atoms with van der Waals surface area (Å²) in [7, 11) is 1.49. The first kappa shape index (κ1) is 15.9. The fraction of sp³-hybridized carbons (Fsp3) is 0.375. The van der Waals surface area contributed by atoms with Crippen LogP contribution < -0.4 is 15.5 Å². The number of nitriles is 1. The van der Waals surface area contributed by atoms with Gasteiger partial charge >= 0.3 is 0 Å². The minimum absolute atomic E-state index is 0.155. The number of hydrogen-bond acceptors (Lipinski definition) is 5. The quantitative estimate of drug-likeness (QED) is 0.889. The number of amides is 1. The van der Waals surface area contributed by atoms with E-state index in [-0.39, 0.29) is 5.91 Å². The molecule has 1 amide bonds. The average Bonchev–Trinajstić information content (AvgIpc) is 2.94. The lowest BCUT2D eigenvalue weighted by molar-refractivity contribution is -0.125. The van der Waals surface area contributed by atoms with Gasteiger partial charge in [0.25, 0.3) is 5.91 Å². The zero-order valence-corrected chi connectivity index (χ0v) is 13.2. The molecular formula is C16H20N4O2. The molecule has 2 rings (SSSR count). The second-order valence-corrected chi connectivity index (χ2v) is 5.72. The van der Waals surface area contributed by atoms with Crippen molar-refractivity contribution < 1.29 is 9.53 Å². The van der Waals surface area contributed by atoms with Crippen LogP contribution in [0.1, 0.15) is 26.3 Å². The summed E-state index contributed by atoms with van der Waals surface area (Å²) in [6, 6.07) is 7.00. The van der Waals surface area contributed by atoms with Crippen LogP contribution in [0.15, 0.2) is 30.0 Å². The van der Waals surface area contributed by atoms with Crippen molar-refractivity contribution >= 4 is 11.6 Å². The van der Waals surface area contributed by atoms with E-state index in [2.05, 4.69) is 10.7 Å². The number of carbonyl (C=O) groups excluding carboxylic acids is 1. The number of methoxy groups -OCH3 is 1. The first-order chi connectivity index (χ1) is 10.4. The Morgan fingerprint density at radius 1 is 1.50 bits per heavy atom. The van der Waals surface area contributed by atoms with Crippen molar-refractivity contribution in [1.29, 1.82) is 5.26 Å². The molecule has 1 aromatic carbocycles. The number of nitrogens with zero attached hydrogens (tertiary/aromatic N) is 2. The summed E-state index contributed by atoms with van der Waals surface area (Å²) in [5.74, 6) is 0.283. The molecule has 0 spiro atoms. The first-order valence-corrected chi connectivity index (χ1v) is 6.98. The number of hydrogen-bond donors (Lipinski definition) is 2. The van der Waals surface area contributed by atoms with Gasteiger partial charge in [-0.3, -0.25) is 4.79 Å². The molecule has 0 bridgehead atoms. The molecule has 0 atom stereocenters. The predicted molar refractivity (Wildman–Crippen MR) is 84.0 cm³/mol. The molecule has 1 heterocycles. The van der Waals surface area contributed by atoms with Crippen molar-refractivity contribution in [2.75, 3.05) is 19.0 Å². The van der Waals surface area contributed by atoms with Crippen LogP contribution in [0, 0.1) is 11.3 Å². The second-order valence-electron chi connectivity index (χ2n) is 5.72. The largest absolute Gasteiger partial charge is 0.495 e. The van der Waals surface area contributed by atoms with Crippen LogP contribution >= 0.6 is 0 Å². The Morgan fingerprint density at radius 3 is 2.77 bits per heavy atom. The Balaban J connectivity index is 2.16. The number of nitrogens with one attached hydrogen (secondary N) is 2. The molecule has 1 aliphatic heterocycles. The number of hydrazine groups is 1. The molecule has 1 aliphatic rings. The monoisotopic (exact) mass is 300 g/mol. The van der Waals surface area contributed by atoms with Gasteiger partial charge in [0.1, 0.15) is 17.4 Å². The SMILES string of the molecule is COc1cc(NC(=O)C(C)(C)N2C=C(C)CN2)ccc1C#N. The van der Waals surface area contributed by atoms with E-state index in [1.54, 1.807) is 23.2 Å². The molecule has 116 valence electrons. The Labute approximate surface area is 130 Å². The number of carbonyl (C=O) groups is 1. The minimum Gasteiger partial charge on any atom is -0.495 e. The standard InChI is InChI=1S/C16H20N4O2/c1-11-9-18-20(10-11)16(2,3)15(21)19-13-6-5-12(8-17)14(7-13)22-4/h5-7,10,18H,9H2,1-4H3,(H,19,21). The highest BCUT2D eigenvalue weighted by molar-refractivity contribution is 5.97. The van der Waals surface area contributed by atoms with E-state index in [0.29, 0.717) is 17.0 Å². The van der Waals surface area contributed by atoms with Gasteiger partial charge in [-0.25, -0.2) is 5.43 Å². The highest BCUT2D eigenvalue weighted by Gasteiger charge is 2.35. The number of ether oxygens (including phenoxy) is 1. The highest BCUT2D eigenvalue weighted by atomic mass is 16.5. The van der Waals surface area contributed by atoms with Gasteiger partial charge in [-0.1, -0.05) is 0 Å². The third kappa shape index (κ3) is 3.05. The Kier molecular flexibility index (Phi) is 4.38. The molecule has 1 aromatic rings. The van der Waals surface area contributed by atoms with Gasteiger partial charge in [0.2, 0.25) is 0 Å². The van der Waals surface area contributed by atoms with E-state index < -0.39 is 5.54 Å². The van der Waals surface area contributed by atoms with Crippen molar-refractivity contribution in [3.05, 3.63) is 35.5 Å². The van der Waals surface area contributed by atoms with Crippen LogP contribution in [0.3, 0.4) is 0 Å². The topological polar surface area (TPSA) is 77.4 Å². The van der Waals surface area contributed by atoms with Crippen LogP contribution in [-0.2, 0) is 4.79 Å². The number of rotatable bonds is 4. The number of anilines is 1.